The molecular formula is C10H11IO. The van der Waals surface area contributed by atoms with Crippen LogP contribution in [0.1, 0.15) is 18.4 Å². The number of benzene rings is 1. The highest BCUT2D eigenvalue weighted by molar-refractivity contribution is 14.1. The van der Waals surface area contributed by atoms with Gasteiger partial charge in [0.05, 0.1) is 6.61 Å². The van der Waals surface area contributed by atoms with E-state index in [9.17, 15) is 5.11 Å². The summed E-state index contributed by atoms with van der Waals surface area (Å²) in [5.74, 6) is 0. The van der Waals surface area contributed by atoms with Gasteiger partial charge in [0.2, 0.25) is 0 Å². The lowest BCUT2D eigenvalue weighted by Gasteiger charge is -2.13. The summed E-state index contributed by atoms with van der Waals surface area (Å²) in [5, 5.41) is 9.23. The number of rotatable bonds is 2. The lowest BCUT2D eigenvalue weighted by molar-refractivity contribution is 0.254. The van der Waals surface area contributed by atoms with Gasteiger partial charge < -0.3 is 5.11 Å². The van der Waals surface area contributed by atoms with E-state index in [1.807, 2.05) is 12.1 Å². The predicted molar refractivity (Wildman–Crippen MR) is 57.2 cm³/mol. The Kier molecular flexibility index (Phi) is 2.12. The van der Waals surface area contributed by atoms with E-state index >= 15 is 0 Å². The predicted octanol–water partition coefficient (Wildman–Crippen LogP) is 2.32. The van der Waals surface area contributed by atoms with E-state index in [0.717, 1.165) is 12.8 Å². The molecule has 2 heteroatoms. The molecule has 0 heterocycles. The van der Waals surface area contributed by atoms with Crippen molar-refractivity contribution in [2.45, 2.75) is 18.3 Å². The van der Waals surface area contributed by atoms with Gasteiger partial charge in [-0.25, -0.2) is 0 Å². The molecule has 0 amide bonds. The van der Waals surface area contributed by atoms with Crippen LogP contribution in [0.4, 0.5) is 0 Å². The van der Waals surface area contributed by atoms with Crippen LogP contribution in [0.2, 0.25) is 0 Å². The zero-order valence-electron chi connectivity index (χ0n) is 6.76. The van der Waals surface area contributed by atoms with E-state index in [0.29, 0.717) is 6.61 Å². The summed E-state index contributed by atoms with van der Waals surface area (Å²) in [6.07, 6.45) is 2.28. The molecule has 2 rings (SSSR count). The Morgan fingerprint density at radius 1 is 1.33 bits per heavy atom. The topological polar surface area (TPSA) is 20.2 Å². The Morgan fingerprint density at radius 3 is 2.50 bits per heavy atom. The maximum Gasteiger partial charge on any atom is 0.0528 e. The lowest BCUT2D eigenvalue weighted by atomic mass is 9.97. The Labute approximate surface area is 85.9 Å². The molecule has 0 bridgehead atoms. The molecule has 0 radical (unpaired) electrons. The zero-order valence-corrected chi connectivity index (χ0v) is 8.91. The van der Waals surface area contributed by atoms with Crippen molar-refractivity contribution in [1.29, 1.82) is 0 Å². The number of hydrogen-bond donors (Lipinski definition) is 1. The van der Waals surface area contributed by atoms with Crippen LogP contribution in [-0.4, -0.2) is 11.7 Å². The summed E-state index contributed by atoms with van der Waals surface area (Å²) >= 11 is 2.34. The fraction of sp³-hybridized carbons (Fsp3) is 0.400. The van der Waals surface area contributed by atoms with Crippen LogP contribution in [-0.2, 0) is 5.41 Å². The molecule has 0 unspecified atom stereocenters. The van der Waals surface area contributed by atoms with Crippen molar-refractivity contribution in [3.63, 3.8) is 0 Å². The Hall–Kier alpha value is -0.0900. The summed E-state index contributed by atoms with van der Waals surface area (Å²) in [6, 6.07) is 8.32. The van der Waals surface area contributed by atoms with E-state index in [2.05, 4.69) is 34.7 Å². The van der Waals surface area contributed by atoms with Crippen molar-refractivity contribution in [1.82, 2.24) is 0 Å². The van der Waals surface area contributed by atoms with Gasteiger partial charge in [-0.1, -0.05) is 18.2 Å². The van der Waals surface area contributed by atoms with Crippen LogP contribution in [0.15, 0.2) is 24.3 Å². The highest BCUT2D eigenvalue weighted by atomic mass is 127. The quantitative estimate of drug-likeness (QED) is 0.820. The highest BCUT2D eigenvalue weighted by Crippen LogP contribution is 2.48. The monoisotopic (exact) mass is 274 g/mol. The van der Waals surface area contributed by atoms with Gasteiger partial charge >= 0.3 is 0 Å². The van der Waals surface area contributed by atoms with Gasteiger partial charge in [0.25, 0.3) is 0 Å². The first kappa shape index (κ1) is 8.51. The van der Waals surface area contributed by atoms with Gasteiger partial charge in [0, 0.05) is 8.99 Å². The molecule has 0 spiro atoms. The molecule has 1 saturated carbocycles. The molecule has 1 aliphatic carbocycles. The molecule has 1 aliphatic rings. The maximum absolute atomic E-state index is 9.23. The molecule has 1 N–H and O–H groups in total. The van der Waals surface area contributed by atoms with Gasteiger partial charge in [-0.15, -0.1) is 0 Å². The lowest BCUT2D eigenvalue weighted by Crippen LogP contribution is -2.13. The number of aliphatic hydroxyl groups excluding tert-OH is 1. The van der Waals surface area contributed by atoms with Gasteiger partial charge in [-0.2, -0.15) is 0 Å². The third-order valence-corrected chi connectivity index (χ3v) is 3.54. The summed E-state index contributed by atoms with van der Waals surface area (Å²) in [7, 11) is 0. The van der Waals surface area contributed by atoms with E-state index in [1.54, 1.807) is 0 Å². The standard InChI is InChI=1S/C10H11IO/c11-9-4-2-1-3-8(9)10(7-12)5-6-10/h1-4,12H,5-7H2. The minimum Gasteiger partial charge on any atom is -0.395 e. The fourth-order valence-corrected chi connectivity index (χ4v) is 2.51. The number of hydrogen-bond acceptors (Lipinski definition) is 1. The molecule has 1 aromatic rings. The SMILES string of the molecule is OCC1(c2ccccc2I)CC1. The third-order valence-electron chi connectivity index (χ3n) is 2.60. The van der Waals surface area contributed by atoms with Crippen LogP contribution in [0.3, 0.4) is 0 Å². The van der Waals surface area contributed by atoms with Crippen molar-refractivity contribution in [3.8, 4) is 0 Å². The first-order chi connectivity index (χ1) is 5.78. The third kappa shape index (κ3) is 1.27. The fourth-order valence-electron chi connectivity index (χ4n) is 1.55. The van der Waals surface area contributed by atoms with E-state index in [-0.39, 0.29) is 5.41 Å². The van der Waals surface area contributed by atoms with Crippen LogP contribution in [0.5, 0.6) is 0 Å². The Morgan fingerprint density at radius 2 is 2.00 bits per heavy atom. The van der Waals surface area contributed by atoms with Crippen molar-refractivity contribution < 1.29 is 5.11 Å². The second kappa shape index (κ2) is 3.00. The molecule has 1 nitrogen and oxygen atoms in total. The van der Waals surface area contributed by atoms with E-state index in [4.69, 9.17) is 0 Å². The minimum absolute atomic E-state index is 0.123. The molecule has 0 saturated heterocycles. The van der Waals surface area contributed by atoms with Gasteiger partial charge in [0.15, 0.2) is 0 Å². The van der Waals surface area contributed by atoms with Gasteiger partial charge in [-0.3, -0.25) is 0 Å². The summed E-state index contributed by atoms with van der Waals surface area (Å²) < 4.78 is 1.28. The average molecular weight is 274 g/mol. The Bertz CT molecular complexity index is 292. The first-order valence-corrected chi connectivity index (χ1v) is 5.22. The van der Waals surface area contributed by atoms with Crippen molar-refractivity contribution >= 4 is 22.6 Å². The molecule has 64 valence electrons. The molecular weight excluding hydrogens is 263 g/mol. The minimum atomic E-state index is 0.123. The second-order valence-corrected chi connectivity index (χ2v) is 4.58. The van der Waals surface area contributed by atoms with Crippen molar-refractivity contribution in [3.05, 3.63) is 33.4 Å². The normalized spacial score (nSPS) is 19.2. The van der Waals surface area contributed by atoms with Crippen LogP contribution in [0, 0.1) is 3.57 Å². The number of halogens is 1. The summed E-state index contributed by atoms with van der Waals surface area (Å²) in [6.45, 7) is 0.299. The first-order valence-electron chi connectivity index (χ1n) is 4.14. The van der Waals surface area contributed by atoms with Gasteiger partial charge in [0.1, 0.15) is 0 Å². The molecule has 0 aliphatic heterocycles. The molecule has 0 atom stereocenters. The Balaban J connectivity index is 2.40. The molecule has 1 aromatic carbocycles. The van der Waals surface area contributed by atoms with Crippen molar-refractivity contribution in [2.24, 2.45) is 0 Å². The maximum atomic E-state index is 9.23. The number of aliphatic hydroxyl groups is 1. The molecule has 0 aromatic heterocycles. The van der Waals surface area contributed by atoms with E-state index < -0.39 is 0 Å². The van der Waals surface area contributed by atoms with Crippen LogP contribution >= 0.6 is 22.6 Å². The largest absolute Gasteiger partial charge is 0.395 e. The van der Waals surface area contributed by atoms with Gasteiger partial charge in [-0.05, 0) is 47.1 Å². The van der Waals surface area contributed by atoms with E-state index in [1.165, 1.54) is 9.13 Å². The molecule has 1 fully saturated rings. The summed E-state index contributed by atoms with van der Waals surface area (Å²) in [4.78, 5) is 0. The molecule has 12 heavy (non-hydrogen) atoms. The van der Waals surface area contributed by atoms with Crippen molar-refractivity contribution in [2.75, 3.05) is 6.61 Å². The average Bonchev–Trinajstić information content (AvgIpc) is 2.86. The highest BCUT2D eigenvalue weighted by Gasteiger charge is 2.44. The zero-order chi connectivity index (χ0) is 8.60. The second-order valence-electron chi connectivity index (χ2n) is 3.42. The van der Waals surface area contributed by atoms with Crippen LogP contribution < -0.4 is 0 Å². The van der Waals surface area contributed by atoms with Crippen LogP contribution in [0.25, 0.3) is 0 Å². The summed E-state index contributed by atoms with van der Waals surface area (Å²) in [5.41, 5.74) is 1.45. The smallest absolute Gasteiger partial charge is 0.0528 e.